The molecule has 0 saturated heterocycles. The molecule has 1 unspecified atom stereocenters. The molecule has 4 heteroatoms. The molecule has 0 aromatic carbocycles. The van der Waals surface area contributed by atoms with Crippen molar-refractivity contribution in [2.24, 2.45) is 5.92 Å². The summed E-state index contributed by atoms with van der Waals surface area (Å²) in [7, 11) is 0. The predicted molar refractivity (Wildman–Crippen MR) is 56.7 cm³/mol. The molecule has 0 aliphatic carbocycles. The maximum Gasteiger partial charge on any atom is 0.328 e. The lowest BCUT2D eigenvalue weighted by Gasteiger charge is -2.06. The summed E-state index contributed by atoms with van der Waals surface area (Å²) in [5.74, 6) is -2.73. The SMILES string of the molecule is CCCCCCC(C=CC(=O)O)C(=O)O. The van der Waals surface area contributed by atoms with Gasteiger partial charge in [-0.2, -0.15) is 0 Å². The first-order chi connectivity index (χ1) is 7.07. The lowest BCUT2D eigenvalue weighted by atomic mass is 10.0. The van der Waals surface area contributed by atoms with Crippen LogP contribution in [0, 0.1) is 5.92 Å². The van der Waals surface area contributed by atoms with E-state index >= 15 is 0 Å². The van der Waals surface area contributed by atoms with Crippen LogP contribution in [-0.4, -0.2) is 22.2 Å². The Morgan fingerprint density at radius 3 is 2.33 bits per heavy atom. The molecule has 0 saturated carbocycles. The summed E-state index contributed by atoms with van der Waals surface area (Å²) in [6, 6.07) is 0. The van der Waals surface area contributed by atoms with Crippen molar-refractivity contribution in [1.82, 2.24) is 0 Å². The van der Waals surface area contributed by atoms with Gasteiger partial charge in [0.1, 0.15) is 0 Å². The Morgan fingerprint density at radius 1 is 1.20 bits per heavy atom. The summed E-state index contributed by atoms with van der Waals surface area (Å²) >= 11 is 0. The minimum atomic E-state index is -1.10. The van der Waals surface area contributed by atoms with Gasteiger partial charge in [-0.15, -0.1) is 0 Å². The van der Waals surface area contributed by atoms with Crippen LogP contribution in [0.25, 0.3) is 0 Å². The van der Waals surface area contributed by atoms with E-state index in [1.54, 1.807) is 0 Å². The number of carboxylic acids is 2. The van der Waals surface area contributed by atoms with E-state index in [9.17, 15) is 9.59 Å². The average Bonchev–Trinajstić information content (AvgIpc) is 2.15. The zero-order valence-corrected chi connectivity index (χ0v) is 8.98. The van der Waals surface area contributed by atoms with Crippen LogP contribution < -0.4 is 0 Å². The molecule has 0 radical (unpaired) electrons. The summed E-state index contributed by atoms with van der Waals surface area (Å²) in [5, 5.41) is 17.2. The van der Waals surface area contributed by atoms with Crippen LogP contribution >= 0.6 is 0 Å². The fourth-order valence-corrected chi connectivity index (χ4v) is 1.29. The number of hydrogen-bond donors (Lipinski definition) is 2. The molecule has 0 aromatic heterocycles. The summed E-state index contributed by atoms with van der Waals surface area (Å²) in [4.78, 5) is 21.0. The van der Waals surface area contributed by atoms with Crippen LogP contribution in [0.3, 0.4) is 0 Å². The van der Waals surface area contributed by atoms with E-state index in [2.05, 4.69) is 6.92 Å². The highest BCUT2D eigenvalue weighted by molar-refractivity contribution is 5.81. The van der Waals surface area contributed by atoms with Crippen molar-refractivity contribution in [3.8, 4) is 0 Å². The second-order valence-electron chi connectivity index (χ2n) is 3.49. The van der Waals surface area contributed by atoms with Crippen LogP contribution in [0.2, 0.25) is 0 Å². The molecule has 0 bridgehead atoms. The van der Waals surface area contributed by atoms with Gasteiger partial charge >= 0.3 is 11.9 Å². The first-order valence-electron chi connectivity index (χ1n) is 5.21. The second kappa shape index (κ2) is 8.03. The number of hydrogen-bond acceptors (Lipinski definition) is 2. The minimum Gasteiger partial charge on any atom is -0.481 e. The molecular weight excluding hydrogens is 196 g/mol. The molecule has 0 fully saturated rings. The topological polar surface area (TPSA) is 74.6 Å². The van der Waals surface area contributed by atoms with E-state index in [1.165, 1.54) is 6.08 Å². The van der Waals surface area contributed by atoms with Crippen molar-refractivity contribution < 1.29 is 19.8 Å². The van der Waals surface area contributed by atoms with Gasteiger partial charge in [0.15, 0.2) is 0 Å². The Labute approximate surface area is 89.6 Å². The van der Waals surface area contributed by atoms with Gasteiger partial charge in [-0.1, -0.05) is 38.7 Å². The minimum absolute atomic E-state index is 0.513. The number of unbranched alkanes of at least 4 members (excludes halogenated alkanes) is 3. The van der Waals surface area contributed by atoms with E-state index in [0.717, 1.165) is 31.8 Å². The fraction of sp³-hybridized carbons (Fsp3) is 0.636. The van der Waals surface area contributed by atoms with Gasteiger partial charge in [0.25, 0.3) is 0 Å². The normalized spacial score (nSPS) is 12.9. The highest BCUT2D eigenvalue weighted by Gasteiger charge is 2.13. The van der Waals surface area contributed by atoms with Crippen molar-refractivity contribution in [3.63, 3.8) is 0 Å². The molecule has 0 heterocycles. The zero-order valence-electron chi connectivity index (χ0n) is 8.98. The lowest BCUT2D eigenvalue weighted by Crippen LogP contribution is -2.11. The van der Waals surface area contributed by atoms with E-state index < -0.39 is 17.9 Å². The Kier molecular flexibility index (Phi) is 7.32. The van der Waals surface area contributed by atoms with E-state index in [4.69, 9.17) is 10.2 Å². The predicted octanol–water partition coefficient (Wildman–Crippen LogP) is 2.30. The molecule has 0 amide bonds. The highest BCUT2D eigenvalue weighted by Crippen LogP contribution is 2.12. The van der Waals surface area contributed by atoms with Crippen molar-refractivity contribution in [1.29, 1.82) is 0 Å². The van der Waals surface area contributed by atoms with Crippen molar-refractivity contribution >= 4 is 11.9 Å². The Bertz CT molecular complexity index is 233. The molecule has 15 heavy (non-hydrogen) atoms. The van der Waals surface area contributed by atoms with Crippen LogP contribution in [-0.2, 0) is 9.59 Å². The van der Waals surface area contributed by atoms with E-state index in [1.807, 2.05) is 0 Å². The monoisotopic (exact) mass is 214 g/mol. The van der Waals surface area contributed by atoms with Crippen LogP contribution in [0.4, 0.5) is 0 Å². The van der Waals surface area contributed by atoms with Gasteiger partial charge in [0, 0.05) is 6.08 Å². The number of carbonyl (C=O) groups is 2. The Hall–Kier alpha value is -1.32. The molecule has 0 aliphatic rings. The quantitative estimate of drug-likeness (QED) is 0.480. The van der Waals surface area contributed by atoms with Crippen LogP contribution in [0.15, 0.2) is 12.2 Å². The van der Waals surface area contributed by atoms with Crippen molar-refractivity contribution in [3.05, 3.63) is 12.2 Å². The van der Waals surface area contributed by atoms with Crippen LogP contribution in [0.5, 0.6) is 0 Å². The Morgan fingerprint density at radius 2 is 1.87 bits per heavy atom. The molecule has 0 rings (SSSR count). The van der Waals surface area contributed by atoms with Gasteiger partial charge < -0.3 is 10.2 Å². The first kappa shape index (κ1) is 13.7. The van der Waals surface area contributed by atoms with Crippen molar-refractivity contribution in [2.45, 2.75) is 39.0 Å². The number of carboxylic acid groups (broad SMARTS) is 2. The smallest absolute Gasteiger partial charge is 0.328 e. The summed E-state index contributed by atoms with van der Waals surface area (Å²) in [6.45, 7) is 2.08. The van der Waals surface area contributed by atoms with Gasteiger partial charge in [-0.3, -0.25) is 4.79 Å². The summed E-state index contributed by atoms with van der Waals surface area (Å²) in [6.07, 6.45) is 6.68. The molecule has 1 atom stereocenters. The summed E-state index contributed by atoms with van der Waals surface area (Å²) < 4.78 is 0. The number of aliphatic carboxylic acids is 2. The lowest BCUT2D eigenvalue weighted by molar-refractivity contribution is -0.140. The molecule has 0 aliphatic heterocycles. The van der Waals surface area contributed by atoms with Crippen LogP contribution in [0.1, 0.15) is 39.0 Å². The average molecular weight is 214 g/mol. The van der Waals surface area contributed by atoms with Gasteiger partial charge in [0.05, 0.1) is 5.92 Å². The fourth-order valence-electron chi connectivity index (χ4n) is 1.29. The van der Waals surface area contributed by atoms with Gasteiger partial charge in [-0.25, -0.2) is 4.79 Å². The third-order valence-electron chi connectivity index (χ3n) is 2.16. The highest BCUT2D eigenvalue weighted by atomic mass is 16.4. The Balaban J connectivity index is 3.95. The second-order valence-corrected chi connectivity index (χ2v) is 3.49. The standard InChI is InChI=1S/C11H18O4/c1-2-3-4-5-6-9(11(14)15)7-8-10(12)13/h7-9H,2-6H2,1H3,(H,12,13)(H,14,15). The van der Waals surface area contributed by atoms with E-state index in [-0.39, 0.29) is 0 Å². The third-order valence-corrected chi connectivity index (χ3v) is 2.16. The maximum atomic E-state index is 10.7. The maximum absolute atomic E-state index is 10.7. The molecule has 86 valence electrons. The largest absolute Gasteiger partial charge is 0.481 e. The molecular formula is C11H18O4. The molecule has 0 spiro atoms. The molecule has 4 nitrogen and oxygen atoms in total. The van der Waals surface area contributed by atoms with Gasteiger partial charge in [-0.05, 0) is 6.42 Å². The third kappa shape index (κ3) is 7.73. The summed E-state index contributed by atoms with van der Waals surface area (Å²) in [5.41, 5.74) is 0. The molecule has 2 N–H and O–H groups in total. The zero-order chi connectivity index (χ0) is 11.7. The van der Waals surface area contributed by atoms with Crippen molar-refractivity contribution in [2.75, 3.05) is 0 Å². The first-order valence-corrected chi connectivity index (χ1v) is 5.21. The van der Waals surface area contributed by atoms with Gasteiger partial charge in [0.2, 0.25) is 0 Å². The van der Waals surface area contributed by atoms with E-state index in [0.29, 0.717) is 6.42 Å². The molecule has 0 aromatic rings. The number of rotatable bonds is 8.